The van der Waals surface area contributed by atoms with Crippen LogP contribution in [0.15, 0.2) is 53.6 Å². The number of aromatic nitrogens is 3. The van der Waals surface area contributed by atoms with Gasteiger partial charge in [0.25, 0.3) is 0 Å². The van der Waals surface area contributed by atoms with Gasteiger partial charge in [-0.15, -0.1) is 5.10 Å². The van der Waals surface area contributed by atoms with E-state index in [9.17, 15) is 28.5 Å². The number of hydrogen-bond donors (Lipinski definition) is 3. The van der Waals surface area contributed by atoms with Gasteiger partial charge < -0.3 is 20.1 Å². The molecule has 3 aromatic rings. The topological polar surface area (TPSA) is 101 Å². The van der Waals surface area contributed by atoms with Gasteiger partial charge in [0.15, 0.2) is 17.5 Å². The Hall–Kier alpha value is -2.44. The molecule has 1 heterocycles. The van der Waals surface area contributed by atoms with Crippen LogP contribution in [-0.2, 0) is 11.3 Å². The molecule has 0 saturated heterocycles. The number of nitrogens with zero attached hydrogens (tertiary/aromatic N) is 3. The Morgan fingerprint density at radius 2 is 1.75 bits per heavy atom. The summed E-state index contributed by atoms with van der Waals surface area (Å²) < 4.78 is 47.2. The third-order valence-corrected chi connectivity index (χ3v) is 5.73. The highest BCUT2D eigenvalue weighted by Crippen LogP contribution is 2.29. The Labute approximate surface area is 186 Å². The van der Waals surface area contributed by atoms with Crippen molar-refractivity contribution in [1.29, 1.82) is 0 Å². The van der Waals surface area contributed by atoms with Gasteiger partial charge in [0.1, 0.15) is 23.3 Å². The van der Waals surface area contributed by atoms with Crippen LogP contribution in [0.2, 0.25) is 0 Å². The van der Waals surface area contributed by atoms with Crippen LogP contribution in [-0.4, -0.2) is 60.7 Å². The van der Waals surface area contributed by atoms with E-state index in [0.717, 1.165) is 17.0 Å². The Morgan fingerprint density at radius 1 is 1.09 bits per heavy atom. The second kappa shape index (κ2) is 10.9. The molecule has 0 saturated carbocycles. The minimum atomic E-state index is -1.58. The lowest BCUT2D eigenvalue weighted by atomic mass is 10.1. The van der Waals surface area contributed by atoms with Gasteiger partial charge in [-0.2, -0.15) is 0 Å². The Bertz CT molecular complexity index is 1000. The number of rotatable bonds is 10. The maximum absolute atomic E-state index is 13.5. The maximum atomic E-state index is 13.5. The molecule has 11 heteroatoms. The highest BCUT2D eigenvalue weighted by Gasteiger charge is 2.28. The fourth-order valence-electron chi connectivity index (χ4n) is 2.81. The van der Waals surface area contributed by atoms with Crippen LogP contribution in [0.3, 0.4) is 0 Å². The third-order valence-electron chi connectivity index (χ3n) is 4.53. The Balaban J connectivity index is 1.77. The van der Waals surface area contributed by atoms with Gasteiger partial charge in [0.2, 0.25) is 0 Å². The summed E-state index contributed by atoms with van der Waals surface area (Å²) in [5.41, 5.74) is -0.819. The predicted molar refractivity (Wildman–Crippen MR) is 111 cm³/mol. The third kappa shape index (κ3) is 6.08. The lowest BCUT2D eigenvalue weighted by Gasteiger charge is -2.28. The summed E-state index contributed by atoms with van der Waals surface area (Å²) in [4.78, 5) is 0.787. The van der Waals surface area contributed by atoms with Crippen LogP contribution < -0.4 is 0 Å². The van der Waals surface area contributed by atoms with E-state index in [1.165, 1.54) is 29.6 Å². The molecule has 32 heavy (non-hydrogen) atoms. The fourth-order valence-corrected chi connectivity index (χ4v) is 3.84. The molecule has 0 aliphatic carbocycles. The highest BCUT2D eigenvalue weighted by molar-refractivity contribution is 7.99. The average Bonchev–Trinajstić information content (AvgIpc) is 3.23. The standard InChI is InChI=1S/C21H22F3N3O4S/c1-12(29)19(11-28)31-21(32-14-5-3-2-4-6-14)18(30)10-27-9-17(25-26-27)13-7-15(22)20(24)16(23)8-13/h2-9,12,18-19,21,28-30H,10-11H2,1H3/t12-,18+,19?,21?/m1/s1. The number of benzene rings is 2. The summed E-state index contributed by atoms with van der Waals surface area (Å²) in [6, 6.07) is 10.7. The summed E-state index contributed by atoms with van der Waals surface area (Å²) in [5, 5.41) is 37.7. The molecule has 3 rings (SSSR count). The first-order valence-corrected chi connectivity index (χ1v) is 10.6. The van der Waals surface area contributed by atoms with Crippen LogP contribution in [0, 0.1) is 17.5 Å². The molecular weight excluding hydrogens is 447 g/mol. The molecule has 0 spiro atoms. The SMILES string of the molecule is C[C@@H](O)C(CO)OC(Sc1ccccc1)[C@@H](O)Cn1cc(-c2cc(F)c(F)c(F)c2)nn1. The van der Waals surface area contributed by atoms with Crippen molar-refractivity contribution in [2.24, 2.45) is 0 Å². The van der Waals surface area contributed by atoms with Crippen molar-refractivity contribution < 1.29 is 33.2 Å². The maximum Gasteiger partial charge on any atom is 0.194 e. The molecule has 4 atom stereocenters. The molecule has 0 amide bonds. The molecule has 0 radical (unpaired) electrons. The molecule has 0 aliphatic heterocycles. The van der Waals surface area contributed by atoms with Crippen molar-refractivity contribution in [3.05, 3.63) is 66.1 Å². The smallest absolute Gasteiger partial charge is 0.194 e. The molecule has 2 unspecified atom stereocenters. The van der Waals surface area contributed by atoms with E-state index in [4.69, 9.17) is 4.74 Å². The second-order valence-corrected chi connectivity index (χ2v) is 8.22. The summed E-state index contributed by atoms with van der Waals surface area (Å²) in [6.45, 7) is 0.898. The Kier molecular flexibility index (Phi) is 8.26. The second-order valence-electron chi connectivity index (χ2n) is 7.04. The Morgan fingerprint density at radius 3 is 2.34 bits per heavy atom. The van der Waals surface area contributed by atoms with Gasteiger partial charge in [-0.1, -0.05) is 35.2 Å². The van der Waals surface area contributed by atoms with Gasteiger partial charge in [-0.25, -0.2) is 17.9 Å². The number of halogens is 3. The fraction of sp³-hybridized carbons (Fsp3) is 0.333. The highest BCUT2D eigenvalue weighted by atomic mass is 32.2. The van der Waals surface area contributed by atoms with Crippen molar-refractivity contribution in [1.82, 2.24) is 15.0 Å². The summed E-state index contributed by atoms with van der Waals surface area (Å²) in [6.07, 6.45) is -1.73. The van der Waals surface area contributed by atoms with E-state index in [2.05, 4.69) is 10.3 Å². The molecule has 1 aromatic heterocycles. The minimum Gasteiger partial charge on any atom is -0.394 e. The van der Waals surface area contributed by atoms with Crippen molar-refractivity contribution >= 4 is 11.8 Å². The molecule has 0 fully saturated rings. The quantitative estimate of drug-likeness (QED) is 0.238. The zero-order chi connectivity index (χ0) is 23.3. The lowest BCUT2D eigenvalue weighted by Crippen LogP contribution is -2.39. The van der Waals surface area contributed by atoms with E-state index < -0.39 is 47.8 Å². The van der Waals surface area contributed by atoms with Crippen LogP contribution in [0.4, 0.5) is 13.2 Å². The summed E-state index contributed by atoms with van der Waals surface area (Å²) in [5.74, 6) is -4.28. The largest absolute Gasteiger partial charge is 0.394 e. The van der Waals surface area contributed by atoms with Crippen molar-refractivity contribution in [2.75, 3.05) is 6.61 Å². The van der Waals surface area contributed by atoms with Crippen molar-refractivity contribution in [3.63, 3.8) is 0 Å². The molecule has 7 nitrogen and oxygen atoms in total. The van der Waals surface area contributed by atoms with E-state index in [1.54, 1.807) is 0 Å². The van der Waals surface area contributed by atoms with Crippen LogP contribution in [0.1, 0.15) is 6.92 Å². The monoisotopic (exact) mass is 469 g/mol. The van der Waals surface area contributed by atoms with Crippen LogP contribution in [0.5, 0.6) is 0 Å². The van der Waals surface area contributed by atoms with E-state index in [-0.39, 0.29) is 17.8 Å². The normalized spacial score (nSPS) is 15.3. The van der Waals surface area contributed by atoms with Crippen molar-refractivity contribution in [2.45, 2.75) is 42.1 Å². The number of hydrogen-bond acceptors (Lipinski definition) is 7. The number of aliphatic hydroxyl groups excluding tert-OH is 3. The predicted octanol–water partition coefficient (Wildman–Crippen LogP) is 2.60. The number of ether oxygens (including phenoxy) is 1. The first kappa shape index (κ1) is 24.2. The number of aliphatic hydroxyl groups is 3. The van der Waals surface area contributed by atoms with Crippen LogP contribution in [0.25, 0.3) is 11.3 Å². The molecule has 0 bridgehead atoms. The zero-order valence-electron chi connectivity index (χ0n) is 17.0. The molecule has 3 N–H and O–H groups in total. The first-order chi connectivity index (χ1) is 15.3. The van der Waals surface area contributed by atoms with Gasteiger partial charge in [-0.3, -0.25) is 0 Å². The number of thioether (sulfide) groups is 1. The minimum absolute atomic E-state index is 0.0111. The van der Waals surface area contributed by atoms with E-state index in [0.29, 0.717) is 0 Å². The summed E-state index contributed by atoms with van der Waals surface area (Å²) >= 11 is 1.19. The zero-order valence-corrected chi connectivity index (χ0v) is 17.8. The molecular formula is C21H22F3N3O4S. The lowest BCUT2D eigenvalue weighted by molar-refractivity contribution is -0.0972. The average molecular weight is 469 g/mol. The van der Waals surface area contributed by atoms with Gasteiger partial charge >= 0.3 is 0 Å². The molecule has 172 valence electrons. The van der Waals surface area contributed by atoms with Gasteiger partial charge in [-0.05, 0) is 31.2 Å². The first-order valence-electron chi connectivity index (χ1n) is 9.67. The summed E-state index contributed by atoms with van der Waals surface area (Å²) in [7, 11) is 0. The van der Waals surface area contributed by atoms with Gasteiger partial charge in [0, 0.05) is 10.5 Å². The van der Waals surface area contributed by atoms with Crippen molar-refractivity contribution in [3.8, 4) is 11.3 Å². The van der Waals surface area contributed by atoms with Gasteiger partial charge in [0.05, 0.1) is 25.5 Å². The van der Waals surface area contributed by atoms with E-state index >= 15 is 0 Å². The van der Waals surface area contributed by atoms with Crippen LogP contribution >= 0.6 is 11.8 Å². The van der Waals surface area contributed by atoms with E-state index in [1.807, 2.05) is 30.3 Å². The molecule has 2 aromatic carbocycles. The molecule has 0 aliphatic rings.